The molecule has 0 amide bonds. The number of hydrogen-bond acceptors (Lipinski definition) is 7. The van der Waals surface area contributed by atoms with Gasteiger partial charge in [0, 0.05) is 6.42 Å². The first kappa shape index (κ1) is 14.4. The fraction of sp³-hybridized carbons (Fsp3) is 0.545. The first-order valence-corrected chi connectivity index (χ1v) is 6.64. The maximum Gasteiger partial charge on any atom is 0.280 e. The van der Waals surface area contributed by atoms with Crippen molar-refractivity contribution in [3.8, 4) is 0 Å². The van der Waals surface area contributed by atoms with Gasteiger partial charge in [-0.05, 0) is 11.6 Å². The third-order valence-corrected chi connectivity index (χ3v) is 3.62. The molecule has 0 spiro atoms. The fourth-order valence-corrected chi connectivity index (χ4v) is 2.54. The van der Waals surface area contributed by atoms with E-state index < -0.39 is 36.7 Å². The standard InChI is InChI=1S/C11H13ClN4O5/c12-11-14-9-7(10(20)15-11)13-3-16(9)6-1-4(18)8(19)5(2-17)21-6/h3-6,8,17-19H,1-2H2,(H,14,15,20)/t4-,5-,6-,8+/m1/s1. The van der Waals surface area contributed by atoms with Crippen molar-refractivity contribution in [2.75, 3.05) is 6.61 Å². The van der Waals surface area contributed by atoms with Gasteiger partial charge < -0.3 is 20.1 Å². The third-order valence-electron chi connectivity index (χ3n) is 3.44. The molecule has 1 aliphatic rings. The van der Waals surface area contributed by atoms with Crippen LogP contribution in [-0.4, -0.2) is 59.8 Å². The van der Waals surface area contributed by atoms with Crippen LogP contribution in [0.5, 0.6) is 0 Å². The zero-order chi connectivity index (χ0) is 15.1. The summed E-state index contributed by atoms with van der Waals surface area (Å²) in [5.41, 5.74) is -0.197. The number of aromatic nitrogens is 4. The molecular weight excluding hydrogens is 304 g/mol. The van der Waals surface area contributed by atoms with Gasteiger partial charge in [0.05, 0.1) is 19.0 Å². The van der Waals surface area contributed by atoms with Crippen LogP contribution in [0.25, 0.3) is 11.2 Å². The Kier molecular flexibility index (Phi) is 3.68. The molecule has 9 nitrogen and oxygen atoms in total. The van der Waals surface area contributed by atoms with Crippen LogP contribution in [0, 0.1) is 0 Å². The summed E-state index contributed by atoms with van der Waals surface area (Å²) in [5, 5.41) is 28.6. The van der Waals surface area contributed by atoms with E-state index >= 15 is 0 Å². The Bertz CT molecular complexity index is 716. The maximum atomic E-state index is 11.7. The predicted molar refractivity (Wildman–Crippen MR) is 70.8 cm³/mol. The number of hydrogen-bond donors (Lipinski definition) is 4. The van der Waals surface area contributed by atoms with Crippen molar-refractivity contribution in [3.63, 3.8) is 0 Å². The number of rotatable bonds is 2. The van der Waals surface area contributed by atoms with E-state index in [2.05, 4.69) is 15.0 Å². The van der Waals surface area contributed by atoms with Crippen molar-refractivity contribution in [3.05, 3.63) is 22.0 Å². The van der Waals surface area contributed by atoms with Gasteiger partial charge in [0.25, 0.3) is 5.56 Å². The summed E-state index contributed by atoms with van der Waals surface area (Å²) in [6.07, 6.45) is -2.51. The highest BCUT2D eigenvalue weighted by Gasteiger charge is 2.37. The smallest absolute Gasteiger partial charge is 0.280 e. The van der Waals surface area contributed by atoms with Gasteiger partial charge in [-0.15, -0.1) is 0 Å². The number of nitrogens with zero attached hydrogens (tertiary/aromatic N) is 3. The molecule has 3 heterocycles. The molecule has 1 fully saturated rings. The molecule has 1 saturated heterocycles. The maximum absolute atomic E-state index is 11.7. The van der Waals surface area contributed by atoms with Crippen LogP contribution in [0.1, 0.15) is 12.6 Å². The average molecular weight is 317 g/mol. The summed E-state index contributed by atoms with van der Waals surface area (Å²) in [6, 6.07) is 0. The van der Waals surface area contributed by atoms with E-state index in [1.165, 1.54) is 10.9 Å². The van der Waals surface area contributed by atoms with Gasteiger partial charge >= 0.3 is 0 Å². The minimum atomic E-state index is -1.18. The summed E-state index contributed by atoms with van der Waals surface area (Å²) in [6.45, 7) is -0.448. The molecule has 0 aromatic carbocycles. The first-order chi connectivity index (χ1) is 10.0. The number of fused-ring (bicyclic) bond motifs is 1. The molecule has 2 aromatic heterocycles. The Morgan fingerprint density at radius 2 is 2.29 bits per heavy atom. The SMILES string of the molecule is O=c1[nH]c(Cl)nc2c1ncn2[C@H]1C[C@@H](O)[C@H](O)[C@@H](CO)O1. The zero-order valence-corrected chi connectivity index (χ0v) is 11.4. The second-order valence-electron chi connectivity index (χ2n) is 4.79. The van der Waals surface area contributed by atoms with E-state index in [4.69, 9.17) is 16.3 Å². The summed E-state index contributed by atoms with van der Waals surface area (Å²) >= 11 is 5.72. The Morgan fingerprint density at radius 1 is 1.52 bits per heavy atom. The highest BCUT2D eigenvalue weighted by molar-refractivity contribution is 6.28. The average Bonchev–Trinajstić information content (AvgIpc) is 2.85. The van der Waals surface area contributed by atoms with Crippen molar-refractivity contribution in [1.29, 1.82) is 0 Å². The molecule has 0 bridgehead atoms. The molecule has 0 unspecified atom stereocenters. The number of ether oxygens (including phenoxy) is 1. The van der Waals surface area contributed by atoms with Crippen molar-refractivity contribution in [2.45, 2.75) is 31.0 Å². The number of aromatic amines is 1. The van der Waals surface area contributed by atoms with E-state index in [0.717, 1.165) is 0 Å². The molecule has 21 heavy (non-hydrogen) atoms. The van der Waals surface area contributed by atoms with Crippen LogP contribution in [0.15, 0.2) is 11.1 Å². The lowest BCUT2D eigenvalue weighted by Gasteiger charge is -2.36. The Balaban J connectivity index is 2.03. The zero-order valence-electron chi connectivity index (χ0n) is 10.7. The van der Waals surface area contributed by atoms with Gasteiger partial charge in [-0.2, -0.15) is 4.98 Å². The molecule has 2 aromatic rings. The molecule has 4 N–H and O–H groups in total. The molecule has 114 valence electrons. The van der Waals surface area contributed by atoms with E-state index in [1.807, 2.05) is 0 Å². The quantitative estimate of drug-likeness (QED) is 0.510. The third kappa shape index (κ3) is 2.43. The number of imidazole rings is 1. The van der Waals surface area contributed by atoms with E-state index in [0.29, 0.717) is 0 Å². The lowest BCUT2D eigenvalue weighted by molar-refractivity contribution is -0.200. The van der Waals surface area contributed by atoms with Crippen LogP contribution in [0.2, 0.25) is 5.28 Å². The van der Waals surface area contributed by atoms with Gasteiger partial charge in [-0.3, -0.25) is 14.3 Å². The minimum absolute atomic E-state index is 0.0647. The van der Waals surface area contributed by atoms with Crippen molar-refractivity contribution in [1.82, 2.24) is 19.5 Å². The lowest BCUT2D eigenvalue weighted by atomic mass is 10.0. The van der Waals surface area contributed by atoms with Crippen LogP contribution in [0.4, 0.5) is 0 Å². The number of H-pyrrole nitrogens is 1. The molecule has 3 rings (SSSR count). The van der Waals surface area contributed by atoms with Gasteiger partial charge in [-0.1, -0.05) is 0 Å². The molecule has 0 aliphatic carbocycles. The predicted octanol–water partition coefficient (Wildman–Crippen LogP) is -1.23. The van der Waals surface area contributed by atoms with Crippen LogP contribution >= 0.6 is 11.6 Å². The highest BCUT2D eigenvalue weighted by atomic mass is 35.5. The normalized spacial score (nSPS) is 29.9. The fourth-order valence-electron chi connectivity index (χ4n) is 2.37. The van der Waals surface area contributed by atoms with Crippen molar-refractivity contribution in [2.24, 2.45) is 0 Å². The summed E-state index contributed by atoms with van der Waals surface area (Å²) < 4.78 is 6.96. The monoisotopic (exact) mass is 316 g/mol. The Morgan fingerprint density at radius 3 is 3.00 bits per heavy atom. The number of halogens is 1. The lowest BCUT2D eigenvalue weighted by Crippen LogP contribution is -2.48. The number of aliphatic hydroxyl groups excluding tert-OH is 3. The molecular formula is C11H13ClN4O5. The van der Waals surface area contributed by atoms with Gasteiger partial charge in [-0.25, -0.2) is 4.98 Å². The highest BCUT2D eigenvalue weighted by Crippen LogP contribution is 2.29. The van der Waals surface area contributed by atoms with Gasteiger partial charge in [0.15, 0.2) is 11.2 Å². The second kappa shape index (κ2) is 5.35. The van der Waals surface area contributed by atoms with E-state index in [1.54, 1.807) is 0 Å². The summed E-state index contributed by atoms with van der Waals surface area (Å²) in [7, 11) is 0. The number of aliphatic hydroxyl groups is 3. The molecule has 4 atom stereocenters. The van der Waals surface area contributed by atoms with Crippen LogP contribution in [0.3, 0.4) is 0 Å². The minimum Gasteiger partial charge on any atom is -0.394 e. The Hall–Kier alpha value is -1.52. The molecule has 0 radical (unpaired) electrons. The summed E-state index contributed by atoms with van der Waals surface area (Å²) in [5.74, 6) is 0. The largest absolute Gasteiger partial charge is 0.394 e. The van der Waals surface area contributed by atoms with Crippen LogP contribution < -0.4 is 5.56 Å². The van der Waals surface area contributed by atoms with E-state index in [9.17, 15) is 20.1 Å². The first-order valence-electron chi connectivity index (χ1n) is 6.26. The molecule has 10 heteroatoms. The van der Waals surface area contributed by atoms with Crippen molar-refractivity contribution >= 4 is 22.8 Å². The van der Waals surface area contributed by atoms with Crippen molar-refractivity contribution < 1.29 is 20.1 Å². The van der Waals surface area contributed by atoms with Gasteiger partial charge in [0.2, 0.25) is 5.28 Å². The van der Waals surface area contributed by atoms with E-state index in [-0.39, 0.29) is 22.9 Å². The van der Waals surface area contributed by atoms with Crippen LogP contribution in [-0.2, 0) is 4.74 Å². The summed E-state index contributed by atoms with van der Waals surface area (Å²) in [4.78, 5) is 22.0. The molecule has 0 saturated carbocycles. The topological polar surface area (TPSA) is 133 Å². The van der Waals surface area contributed by atoms with Gasteiger partial charge in [0.1, 0.15) is 18.4 Å². The number of nitrogens with one attached hydrogen (secondary N) is 1. The second-order valence-corrected chi connectivity index (χ2v) is 5.14. The Labute approximate surface area is 122 Å². The molecule has 1 aliphatic heterocycles.